The van der Waals surface area contributed by atoms with Crippen molar-refractivity contribution in [3.05, 3.63) is 40.6 Å². The van der Waals surface area contributed by atoms with E-state index in [1.54, 1.807) is 11.4 Å². The van der Waals surface area contributed by atoms with Crippen molar-refractivity contribution in [1.82, 2.24) is 19.7 Å². The van der Waals surface area contributed by atoms with E-state index in [4.69, 9.17) is 4.74 Å². The maximum atomic E-state index is 12.4. The first-order valence-electron chi connectivity index (χ1n) is 9.21. The number of aromatic nitrogens is 4. The molecule has 0 spiro atoms. The zero-order chi connectivity index (χ0) is 21.3. The number of esters is 1. The van der Waals surface area contributed by atoms with Crippen LogP contribution in [0.15, 0.2) is 40.9 Å². The Labute approximate surface area is 180 Å². The number of rotatable bonds is 6. The number of anilines is 1. The van der Waals surface area contributed by atoms with Crippen molar-refractivity contribution >= 4 is 62.7 Å². The molecule has 4 aromatic rings. The first-order valence-corrected chi connectivity index (χ1v) is 11.1. The topological polar surface area (TPSA) is 99.0 Å². The first-order chi connectivity index (χ1) is 14.5. The van der Waals surface area contributed by atoms with Crippen molar-refractivity contribution in [3.63, 3.8) is 0 Å². The van der Waals surface area contributed by atoms with Gasteiger partial charge in [-0.3, -0.25) is 4.79 Å². The van der Waals surface area contributed by atoms with Crippen LogP contribution in [0.25, 0.3) is 22.1 Å². The molecule has 0 aliphatic heterocycles. The number of carbonyl (C=O) groups is 2. The van der Waals surface area contributed by atoms with Crippen LogP contribution in [-0.4, -0.2) is 44.5 Å². The van der Waals surface area contributed by atoms with Crippen molar-refractivity contribution in [1.29, 1.82) is 0 Å². The summed E-state index contributed by atoms with van der Waals surface area (Å²) in [7, 11) is 1.31. The van der Waals surface area contributed by atoms with Gasteiger partial charge in [0.15, 0.2) is 5.65 Å². The van der Waals surface area contributed by atoms with E-state index in [0.717, 1.165) is 22.1 Å². The van der Waals surface area contributed by atoms with Gasteiger partial charge in [-0.25, -0.2) is 9.78 Å². The average molecular weight is 442 g/mol. The first kappa shape index (κ1) is 20.3. The largest absolute Gasteiger partial charge is 0.465 e. The predicted octanol–water partition coefficient (Wildman–Crippen LogP) is 4.14. The summed E-state index contributed by atoms with van der Waals surface area (Å²) in [4.78, 5) is 29.1. The lowest BCUT2D eigenvalue weighted by Gasteiger charge is -2.10. The molecule has 1 amide bonds. The Morgan fingerprint density at radius 3 is 2.80 bits per heavy atom. The van der Waals surface area contributed by atoms with Crippen LogP contribution in [0.2, 0.25) is 0 Å². The van der Waals surface area contributed by atoms with E-state index in [2.05, 4.69) is 38.9 Å². The van der Waals surface area contributed by atoms with Gasteiger partial charge in [0.1, 0.15) is 10.4 Å². The molecular weight excluding hydrogens is 422 g/mol. The number of thiophene rings is 1. The van der Waals surface area contributed by atoms with Gasteiger partial charge in [0, 0.05) is 11.4 Å². The van der Waals surface area contributed by atoms with Crippen molar-refractivity contribution in [2.75, 3.05) is 18.2 Å². The number of thioether (sulfide) groups is 1. The Balaban J connectivity index is 1.54. The molecule has 4 rings (SSSR count). The minimum absolute atomic E-state index is 0.0888. The Kier molecular flexibility index (Phi) is 5.69. The van der Waals surface area contributed by atoms with Gasteiger partial charge in [-0.1, -0.05) is 30.0 Å². The van der Waals surface area contributed by atoms with Crippen LogP contribution in [-0.2, 0) is 9.53 Å². The monoisotopic (exact) mass is 441 g/mol. The third-order valence-corrected chi connectivity index (χ3v) is 6.19. The molecule has 0 radical (unpaired) electrons. The Morgan fingerprint density at radius 2 is 2.03 bits per heavy atom. The van der Waals surface area contributed by atoms with Gasteiger partial charge in [0.25, 0.3) is 0 Å². The number of nitrogens with zero attached hydrogens (tertiary/aromatic N) is 4. The highest BCUT2D eigenvalue weighted by Crippen LogP contribution is 2.30. The molecule has 0 aliphatic rings. The lowest BCUT2D eigenvalue weighted by molar-refractivity contribution is -0.113. The van der Waals surface area contributed by atoms with Crippen molar-refractivity contribution in [3.8, 4) is 0 Å². The number of carbonyl (C=O) groups excluding carboxylic acids is 2. The highest BCUT2D eigenvalue weighted by molar-refractivity contribution is 7.99. The molecule has 1 N–H and O–H groups in total. The third kappa shape index (κ3) is 3.75. The zero-order valence-corrected chi connectivity index (χ0v) is 18.2. The summed E-state index contributed by atoms with van der Waals surface area (Å²) in [5.74, 6) is -0.657. The number of nitrogens with one attached hydrogen (secondary N) is 1. The lowest BCUT2D eigenvalue weighted by atomic mass is 10.2. The van der Waals surface area contributed by atoms with E-state index in [9.17, 15) is 9.59 Å². The van der Waals surface area contributed by atoms with E-state index in [0.29, 0.717) is 15.7 Å². The van der Waals surface area contributed by atoms with E-state index < -0.39 is 5.97 Å². The number of ether oxygens (including phenoxy) is 1. The fraction of sp³-hybridized carbons (Fsp3) is 0.250. The van der Waals surface area contributed by atoms with Crippen molar-refractivity contribution in [2.45, 2.75) is 25.0 Å². The van der Waals surface area contributed by atoms with Crippen LogP contribution in [0.1, 0.15) is 29.6 Å². The van der Waals surface area contributed by atoms with Gasteiger partial charge in [0.2, 0.25) is 11.1 Å². The summed E-state index contributed by atoms with van der Waals surface area (Å²) < 4.78 is 6.85. The molecule has 3 aromatic heterocycles. The third-order valence-electron chi connectivity index (χ3n) is 4.45. The van der Waals surface area contributed by atoms with Crippen LogP contribution < -0.4 is 5.32 Å². The Morgan fingerprint density at radius 1 is 1.23 bits per heavy atom. The minimum atomic E-state index is -0.479. The maximum Gasteiger partial charge on any atom is 0.350 e. The number of methoxy groups -OCH3 is 1. The van der Waals surface area contributed by atoms with Crippen LogP contribution in [0.3, 0.4) is 0 Å². The zero-order valence-electron chi connectivity index (χ0n) is 16.6. The normalized spacial score (nSPS) is 11.3. The predicted molar refractivity (Wildman–Crippen MR) is 118 cm³/mol. The molecular formula is C20H19N5O3S2. The summed E-state index contributed by atoms with van der Waals surface area (Å²) in [5.41, 5.74) is 2.98. The Bertz CT molecular complexity index is 1250. The van der Waals surface area contributed by atoms with Crippen LogP contribution in [0.4, 0.5) is 5.69 Å². The fourth-order valence-electron chi connectivity index (χ4n) is 3.20. The lowest BCUT2D eigenvalue weighted by Crippen LogP contribution is -2.16. The van der Waals surface area contributed by atoms with E-state index in [1.165, 1.54) is 30.2 Å². The molecule has 154 valence electrons. The van der Waals surface area contributed by atoms with E-state index >= 15 is 0 Å². The number of fused-ring (bicyclic) bond motifs is 3. The number of hydrogen-bond donors (Lipinski definition) is 1. The van der Waals surface area contributed by atoms with Gasteiger partial charge in [0.05, 0.1) is 24.1 Å². The molecule has 0 fully saturated rings. The van der Waals surface area contributed by atoms with E-state index in [1.807, 2.05) is 24.3 Å². The minimum Gasteiger partial charge on any atom is -0.465 e. The van der Waals surface area contributed by atoms with Gasteiger partial charge in [-0.2, -0.15) is 0 Å². The van der Waals surface area contributed by atoms with Crippen LogP contribution in [0.5, 0.6) is 0 Å². The molecule has 8 nitrogen and oxygen atoms in total. The van der Waals surface area contributed by atoms with Crippen molar-refractivity contribution < 1.29 is 14.3 Å². The molecule has 0 bridgehead atoms. The number of amides is 1. The number of benzene rings is 1. The molecule has 30 heavy (non-hydrogen) atoms. The van der Waals surface area contributed by atoms with Gasteiger partial charge >= 0.3 is 5.97 Å². The second kappa shape index (κ2) is 8.41. The molecule has 0 saturated carbocycles. The second-order valence-corrected chi connectivity index (χ2v) is 8.60. The summed E-state index contributed by atoms with van der Waals surface area (Å²) in [6, 6.07) is 9.87. The second-order valence-electron chi connectivity index (χ2n) is 6.74. The highest BCUT2D eigenvalue weighted by atomic mass is 32.2. The van der Waals surface area contributed by atoms with Crippen LogP contribution >= 0.6 is 23.1 Å². The molecule has 0 saturated heterocycles. The SMILES string of the molecule is COC(=O)c1sccc1NC(=O)CSc1nnc2c3ccccc3n(C(C)C)c2n1. The smallest absolute Gasteiger partial charge is 0.350 e. The number of para-hydroxylation sites is 1. The molecule has 3 heterocycles. The summed E-state index contributed by atoms with van der Waals surface area (Å²) in [5, 5.41) is 14.4. The Hall–Kier alpha value is -2.98. The standard InChI is InChI=1S/C20H19N5O3S2/c1-11(2)25-14-7-5-4-6-12(14)16-18(25)22-20(24-23-16)30-10-15(26)21-13-8-9-29-17(13)19(27)28-3/h4-9,11H,10H2,1-3H3,(H,21,26). The van der Waals surface area contributed by atoms with Crippen molar-refractivity contribution in [2.24, 2.45) is 0 Å². The maximum absolute atomic E-state index is 12.4. The van der Waals surface area contributed by atoms with Gasteiger partial charge in [-0.15, -0.1) is 21.5 Å². The van der Waals surface area contributed by atoms with Gasteiger partial charge in [-0.05, 0) is 31.4 Å². The summed E-state index contributed by atoms with van der Waals surface area (Å²) >= 11 is 2.41. The summed E-state index contributed by atoms with van der Waals surface area (Å²) in [6.07, 6.45) is 0. The summed E-state index contributed by atoms with van der Waals surface area (Å²) in [6.45, 7) is 4.18. The van der Waals surface area contributed by atoms with Gasteiger partial charge < -0.3 is 14.6 Å². The van der Waals surface area contributed by atoms with E-state index in [-0.39, 0.29) is 17.7 Å². The average Bonchev–Trinajstić information content (AvgIpc) is 3.33. The molecule has 10 heteroatoms. The molecule has 0 aliphatic carbocycles. The molecule has 0 unspecified atom stereocenters. The fourth-order valence-corrected chi connectivity index (χ4v) is 4.55. The number of hydrogen-bond acceptors (Lipinski definition) is 8. The van der Waals surface area contributed by atoms with Crippen LogP contribution in [0, 0.1) is 0 Å². The molecule has 1 aromatic carbocycles. The molecule has 0 atom stereocenters. The quantitative estimate of drug-likeness (QED) is 0.355. The highest BCUT2D eigenvalue weighted by Gasteiger charge is 2.18.